The lowest BCUT2D eigenvalue weighted by Gasteiger charge is -2.11. The lowest BCUT2D eigenvalue weighted by atomic mass is 10.2. The summed E-state index contributed by atoms with van der Waals surface area (Å²) in [6.45, 7) is 5.42. The van der Waals surface area contributed by atoms with Crippen LogP contribution in [0.3, 0.4) is 0 Å². The van der Waals surface area contributed by atoms with E-state index in [1.54, 1.807) is 6.08 Å². The van der Waals surface area contributed by atoms with E-state index in [2.05, 4.69) is 0 Å². The van der Waals surface area contributed by atoms with E-state index in [1.165, 1.54) is 13.0 Å². The Balaban J connectivity index is 3.35. The molecule has 0 aliphatic rings. The van der Waals surface area contributed by atoms with Crippen LogP contribution in [0.4, 0.5) is 5.69 Å². The third-order valence-corrected chi connectivity index (χ3v) is 3.38. The highest BCUT2D eigenvalue weighted by atomic mass is 32.2. The van der Waals surface area contributed by atoms with Crippen molar-refractivity contribution in [3.05, 3.63) is 39.5 Å². The van der Waals surface area contributed by atoms with E-state index in [4.69, 9.17) is 9.88 Å². The number of nitrogens with two attached hydrogens (primary N) is 1. The fourth-order valence-electron chi connectivity index (χ4n) is 1.52. The number of nitrogens with zero attached hydrogens (tertiary/aromatic N) is 1. The van der Waals surface area contributed by atoms with E-state index in [0.717, 1.165) is 11.6 Å². The van der Waals surface area contributed by atoms with Crippen molar-refractivity contribution in [2.75, 3.05) is 6.61 Å². The van der Waals surface area contributed by atoms with Crippen LogP contribution in [0.15, 0.2) is 28.7 Å². The average Bonchev–Trinajstić information content (AvgIpc) is 2.28. The number of benzene rings is 1. The topological polar surface area (TPSA) is 113 Å². The summed E-state index contributed by atoms with van der Waals surface area (Å²) in [4.78, 5) is 9.70. The van der Waals surface area contributed by atoms with E-state index >= 15 is 0 Å². The van der Waals surface area contributed by atoms with E-state index in [1.807, 2.05) is 13.8 Å². The molecule has 7 nitrogen and oxygen atoms in total. The minimum Gasteiger partial charge on any atom is -0.488 e. The number of hydrogen-bond acceptors (Lipinski definition) is 5. The molecule has 0 aliphatic carbocycles. The van der Waals surface area contributed by atoms with Crippen LogP contribution in [0.25, 0.3) is 0 Å². The molecule has 0 spiro atoms. The molecule has 0 aromatic heterocycles. The summed E-state index contributed by atoms with van der Waals surface area (Å²) in [5.74, 6) is 0.0376. The van der Waals surface area contributed by atoms with Gasteiger partial charge in [0.05, 0.1) is 4.92 Å². The summed E-state index contributed by atoms with van der Waals surface area (Å²) >= 11 is 0. The normalized spacial score (nSPS) is 11.0. The van der Waals surface area contributed by atoms with Gasteiger partial charge in [-0.1, -0.05) is 5.57 Å². The van der Waals surface area contributed by atoms with Crippen LogP contribution >= 0.6 is 0 Å². The van der Waals surface area contributed by atoms with Gasteiger partial charge in [0, 0.05) is 12.1 Å². The lowest BCUT2D eigenvalue weighted by molar-refractivity contribution is -0.385. The zero-order valence-corrected chi connectivity index (χ0v) is 12.2. The van der Waals surface area contributed by atoms with Gasteiger partial charge in [-0.25, -0.2) is 13.6 Å². The van der Waals surface area contributed by atoms with Gasteiger partial charge in [-0.3, -0.25) is 10.1 Å². The number of primary sulfonamides is 1. The first-order valence-corrected chi connectivity index (χ1v) is 7.25. The number of allylic oxidation sites excluding steroid dienone is 1. The Kier molecular flexibility index (Phi) is 4.85. The van der Waals surface area contributed by atoms with E-state index in [0.29, 0.717) is 5.56 Å². The summed E-state index contributed by atoms with van der Waals surface area (Å²) < 4.78 is 28.5. The van der Waals surface area contributed by atoms with E-state index < -0.39 is 14.9 Å². The smallest absolute Gasteiger partial charge is 0.271 e. The molecule has 0 heterocycles. The molecule has 8 heteroatoms. The van der Waals surface area contributed by atoms with Crippen LogP contribution < -0.4 is 9.88 Å². The van der Waals surface area contributed by atoms with Crippen molar-refractivity contribution >= 4 is 15.7 Å². The van der Waals surface area contributed by atoms with Gasteiger partial charge in [-0.05, 0) is 32.4 Å². The molecular formula is C12H16N2O5S. The maximum Gasteiger partial charge on any atom is 0.271 e. The summed E-state index contributed by atoms with van der Waals surface area (Å²) in [5.41, 5.74) is 0.994. The molecule has 0 atom stereocenters. The molecule has 0 unspecified atom stereocenters. The Morgan fingerprint density at radius 1 is 1.45 bits per heavy atom. The fourth-order valence-corrected chi connectivity index (χ4v) is 2.28. The van der Waals surface area contributed by atoms with Gasteiger partial charge in [0.2, 0.25) is 10.0 Å². The molecule has 0 aliphatic heterocycles. The first-order chi connectivity index (χ1) is 9.12. The molecule has 110 valence electrons. The van der Waals surface area contributed by atoms with E-state index in [-0.39, 0.29) is 22.9 Å². The van der Waals surface area contributed by atoms with Gasteiger partial charge in [0.1, 0.15) is 17.3 Å². The second-order valence-corrected chi connectivity index (χ2v) is 6.01. The van der Waals surface area contributed by atoms with Gasteiger partial charge in [-0.2, -0.15) is 0 Å². The molecule has 20 heavy (non-hydrogen) atoms. The minimum absolute atomic E-state index is 0.0376. The average molecular weight is 300 g/mol. The van der Waals surface area contributed by atoms with Crippen LogP contribution in [0.2, 0.25) is 0 Å². The number of rotatable bonds is 5. The first-order valence-electron chi connectivity index (χ1n) is 5.71. The summed E-state index contributed by atoms with van der Waals surface area (Å²) in [6, 6.07) is 2.15. The predicted molar refractivity (Wildman–Crippen MR) is 74.1 cm³/mol. The van der Waals surface area contributed by atoms with Crippen LogP contribution in [0, 0.1) is 17.0 Å². The van der Waals surface area contributed by atoms with Crippen molar-refractivity contribution < 1.29 is 18.1 Å². The molecule has 1 aromatic rings. The highest BCUT2D eigenvalue weighted by Crippen LogP contribution is 2.31. The van der Waals surface area contributed by atoms with Crippen LogP contribution in [-0.4, -0.2) is 19.9 Å². The van der Waals surface area contributed by atoms with Gasteiger partial charge in [0.15, 0.2) is 0 Å². The first kappa shape index (κ1) is 16.1. The predicted octanol–water partition coefficient (Wildman–Crippen LogP) is 1.90. The second kappa shape index (κ2) is 6.02. The number of non-ortho nitro benzene ring substituents is 1. The van der Waals surface area contributed by atoms with Gasteiger partial charge in [0.25, 0.3) is 5.69 Å². The largest absolute Gasteiger partial charge is 0.488 e. The number of nitro groups is 1. The fraction of sp³-hybridized carbons (Fsp3) is 0.333. The number of nitro benzene ring substituents is 1. The molecule has 0 saturated heterocycles. The highest BCUT2D eigenvalue weighted by Gasteiger charge is 2.22. The van der Waals surface area contributed by atoms with Gasteiger partial charge < -0.3 is 4.74 Å². The van der Waals surface area contributed by atoms with E-state index in [9.17, 15) is 18.5 Å². The maximum atomic E-state index is 11.5. The van der Waals surface area contributed by atoms with Gasteiger partial charge >= 0.3 is 0 Å². The van der Waals surface area contributed by atoms with Crippen molar-refractivity contribution in [3.8, 4) is 5.75 Å². The molecule has 2 N–H and O–H groups in total. The van der Waals surface area contributed by atoms with Crippen molar-refractivity contribution in [3.63, 3.8) is 0 Å². The number of hydrogen-bond donors (Lipinski definition) is 1. The standard InChI is InChI=1S/C12H16N2O5S/c1-8(2)4-5-19-12-9(3)6-10(14(15)16)7-11(12)20(13,17)18/h4,6-7H,5H2,1-3H3,(H2,13,17,18). The Morgan fingerprint density at radius 2 is 2.05 bits per heavy atom. The Hall–Kier alpha value is -1.93. The van der Waals surface area contributed by atoms with Gasteiger partial charge in [-0.15, -0.1) is 0 Å². The molecule has 1 aromatic carbocycles. The molecular weight excluding hydrogens is 284 g/mol. The van der Waals surface area contributed by atoms with Crippen molar-refractivity contribution in [2.24, 2.45) is 5.14 Å². The quantitative estimate of drug-likeness (QED) is 0.507. The van der Waals surface area contributed by atoms with Crippen LogP contribution in [0.1, 0.15) is 19.4 Å². The van der Waals surface area contributed by atoms with Crippen LogP contribution in [-0.2, 0) is 10.0 Å². The third-order valence-electron chi connectivity index (χ3n) is 2.46. The Morgan fingerprint density at radius 3 is 2.50 bits per heavy atom. The second-order valence-electron chi connectivity index (χ2n) is 4.48. The summed E-state index contributed by atoms with van der Waals surface area (Å²) in [7, 11) is -4.11. The third kappa shape index (κ3) is 4.04. The van der Waals surface area contributed by atoms with Crippen molar-refractivity contribution in [1.82, 2.24) is 0 Å². The maximum absolute atomic E-state index is 11.5. The highest BCUT2D eigenvalue weighted by molar-refractivity contribution is 7.89. The monoisotopic (exact) mass is 300 g/mol. The summed E-state index contributed by atoms with van der Waals surface area (Å²) in [6.07, 6.45) is 1.76. The van der Waals surface area contributed by atoms with Crippen molar-refractivity contribution in [1.29, 1.82) is 0 Å². The number of ether oxygens (including phenoxy) is 1. The molecule has 0 fully saturated rings. The Bertz CT molecular complexity index is 661. The SMILES string of the molecule is CC(C)=CCOc1c(C)cc([N+](=O)[O-])cc1S(N)(=O)=O. The molecule has 0 amide bonds. The molecule has 0 saturated carbocycles. The Labute approximate surface area is 117 Å². The zero-order chi connectivity index (χ0) is 15.5. The number of aryl methyl sites for hydroxylation is 1. The van der Waals surface area contributed by atoms with Crippen molar-refractivity contribution in [2.45, 2.75) is 25.7 Å². The zero-order valence-electron chi connectivity index (χ0n) is 11.4. The molecule has 1 rings (SSSR count). The molecule has 0 bridgehead atoms. The minimum atomic E-state index is -4.11. The van der Waals surface area contributed by atoms with Crippen LogP contribution in [0.5, 0.6) is 5.75 Å². The summed E-state index contributed by atoms with van der Waals surface area (Å²) in [5, 5.41) is 15.8. The number of sulfonamides is 1. The molecule has 0 radical (unpaired) electrons. The lowest BCUT2D eigenvalue weighted by Crippen LogP contribution is -2.15.